The predicted octanol–water partition coefficient (Wildman–Crippen LogP) is 3.70. The fourth-order valence-corrected chi connectivity index (χ4v) is 3.68. The molecule has 1 unspecified atom stereocenters. The summed E-state index contributed by atoms with van der Waals surface area (Å²) in [6.45, 7) is 0.985. The van der Waals surface area contributed by atoms with Gasteiger partial charge in [0.2, 0.25) is 5.95 Å². The number of aliphatic hydroxyl groups excluding tert-OH is 1. The number of anilines is 2. The summed E-state index contributed by atoms with van der Waals surface area (Å²) in [6.07, 6.45) is 4.45. The zero-order chi connectivity index (χ0) is 19.9. The summed E-state index contributed by atoms with van der Waals surface area (Å²) in [7, 11) is 0. The first-order chi connectivity index (χ1) is 13.4. The fraction of sp³-hybridized carbons (Fsp3) is 0.316. The highest BCUT2D eigenvalue weighted by atomic mass is 32.1. The summed E-state index contributed by atoms with van der Waals surface area (Å²) >= 11 is 1.16. The van der Waals surface area contributed by atoms with Gasteiger partial charge in [0.25, 0.3) is 0 Å². The number of nitrogens with one attached hydrogen (secondary N) is 1. The molecule has 3 aromatic rings. The Balaban J connectivity index is 1.62. The standard InChI is InChI=1S/C19H18F2N4O2S/c1-19(27,9-26)17-22-8-15(28-17)11-4-12(20)6-13(5-11)24-18-23-7-14(21)16(25-18)10-2-3-10/h4-8,10,26-27H,2-3,9H2,1H3,(H,23,24,25). The molecule has 1 atom stereocenters. The van der Waals surface area contributed by atoms with Crippen molar-refractivity contribution < 1.29 is 19.0 Å². The summed E-state index contributed by atoms with van der Waals surface area (Å²) in [5.74, 6) is -0.580. The third-order valence-corrected chi connectivity index (χ3v) is 5.75. The van der Waals surface area contributed by atoms with Crippen molar-refractivity contribution in [3.63, 3.8) is 0 Å². The van der Waals surface area contributed by atoms with Crippen molar-refractivity contribution in [1.82, 2.24) is 15.0 Å². The van der Waals surface area contributed by atoms with E-state index in [9.17, 15) is 19.0 Å². The zero-order valence-electron chi connectivity index (χ0n) is 15.0. The molecular formula is C19H18F2N4O2S. The van der Waals surface area contributed by atoms with Crippen molar-refractivity contribution in [2.45, 2.75) is 31.3 Å². The fourth-order valence-electron chi connectivity index (χ4n) is 2.74. The molecule has 0 saturated heterocycles. The van der Waals surface area contributed by atoms with E-state index in [1.807, 2.05) is 0 Å². The van der Waals surface area contributed by atoms with E-state index in [2.05, 4.69) is 20.3 Å². The molecule has 0 bridgehead atoms. The monoisotopic (exact) mass is 404 g/mol. The average molecular weight is 404 g/mol. The highest BCUT2D eigenvalue weighted by Crippen LogP contribution is 2.40. The molecule has 6 nitrogen and oxygen atoms in total. The molecule has 1 fully saturated rings. The smallest absolute Gasteiger partial charge is 0.227 e. The normalized spacial score (nSPS) is 16.0. The Labute approximate surface area is 163 Å². The maximum Gasteiger partial charge on any atom is 0.227 e. The quantitative estimate of drug-likeness (QED) is 0.580. The number of aliphatic hydroxyl groups is 2. The number of thiazole rings is 1. The van der Waals surface area contributed by atoms with Gasteiger partial charge in [0.15, 0.2) is 5.82 Å². The van der Waals surface area contributed by atoms with E-state index in [4.69, 9.17) is 0 Å². The Kier molecular flexibility index (Phi) is 4.82. The number of hydrogen-bond donors (Lipinski definition) is 3. The van der Waals surface area contributed by atoms with Crippen molar-refractivity contribution in [2.24, 2.45) is 0 Å². The maximum atomic E-state index is 14.2. The molecule has 1 aromatic carbocycles. The van der Waals surface area contributed by atoms with Gasteiger partial charge < -0.3 is 15.5 Å². The Morgan fingerprint density at radius 2 is 2.00 bits per heavy atom. The van der Waals surface area contributed by atoms with E-state index in [1.54, 1.807) is 6.07 Å². The molecule has 3 N–H and O–H groups in total. The lowest BCUT2D eigenvalue weighted by Gasteiger charge is -2.16. The first-order valence-electron chi connectivity index (χ1n) is 8.75. The molecule has 0 radical (unpaired) electrons. The topological polar surface area (TPSA) is 91.2 Å². The minimum Gasteiger partial charge on any atom is -0.393 e. The van der Waals surface area contributed by atoms with Gasteiger partial charge in [-0.1, -0.05) is 0 Å². The summed E-state index contributed by atoms with van der Waals surface area (Å²) in [5, 5.41) is 22.6. The number of hydrogen-bond acceptors (Lipinski definition) is 7. The van der Waals surface area contributed by atoms with Gasteiger partial charge in [0, 0.05) is 17.8 Å². The van der Waals surface area contributed by atoms with Crippen molar-refractivity contribution in [2.75, 3.05) is 11.9 Å². The Morgan fingerprint density at radius 3 is 2.71 bits per heavy atom. The van der Waals surface area contributed by atoms with Crippen LogP contribution in [0, 0.1) is 11.6 Å². The largest absolute Gasteiger partial charge is 0.393 e. The van der Waals surface area contributed by atoms with Gasteiger partial charge in [-0.15, -0.1) is 11.3 Å². The summed E-state index contributed by atoms with van der Waals surface area (Å²) < 4.78 is 28.0. The molecule has 28 heavy (non-hydrogen) atoms. The molecule has 1 aliphatic carbocycles. The molecule has 2 aromatic heterocycles. The Morgan fingerprint density at radius 1 is 1.21 bits per heavy atom. The van der Waals surface area contributed by atoms with Gasteiger partial charge in [-0.3, -0.25) is 0 Å². The van der Waals surface area contributed by atoms with E-state index >= 15 is 0 Å². The van der Waals surface area contributed by atoms with Crippen LogP contribution in [0.5, 0.6) is 0 Å². The van der Waals surface area contributed by atoms with Crippen LogP contribution in [-0.4, -0.2) is 31.8 Å². The molecular weight excluding hydrogens is 386 g/mol. The number of rotatable bonds is 6. The SMILES string of the molecule is CC(O)(CO)c1ncc(-c2cc(F)cc(Nc3ncc(F)c(C4CC4)n3)c2)s1. The highest BCUT2D eigenvalue weighted by Gasteiger charge is 2.29. The van der Waals surface area contributed by atoms with Crippen molar-refractivity contribution in [3.05, 3.63) is 52.9 Å². The van der Waals surface area contributed by atoms with Crippen molar-refractivity contribution >= 4 is 23.0 Å². The van der Waals surface area contributed by atoms with Crippen LogP contribution in [-0.2, 0) is 5.60 Å². The van der Waals surface area contributed by atoms with E-state index in [0.717, 1.165) is 30.4 Å². The van der Waals surface area contributed by atoms with Crippen LogP contribution >= 0.6 is 11.3 Å². The second kappa shape index (κ2) is 7.16. The van der Waals surface area contributed by atoms with E-state index in [0.29, 0.717) is 26.8 Å². The molecule has 146 valence electrons. The average Bonchev–Trinajstić information content (AvgIpc) is 3.37. The van der Waals surface area contributed by atoms with Crippen LogP contribution < -0.4 is 5.32 Å². The van der Waals surface area contributed by atoms with Gasteiger partial charge in [0.05, 0.1) is 23.4 Å². The molecule has 9 heteroatoms. The third kappa shape index (κ3) is 3.87. The van der Waals surface area contributed by atoms with Gasteiger partial charge >= 0.3 is 0 Å². The lowest BCUT2D eigenvalue weighted by atomic mass is 10.1. The first kappa shape index (κ1) is 18.9. The van der Waals surface area contributed by atoms with Gasteiger partial charge in [-0.05, 0) is 43.5 Å². The number of nitrogens with zero attached hydrogens (tertiary/aromatic N) is 3. The summed E-state index contributed by atoms with van der Waals surface area (Å²) in [4.78, 5) is 12.9. The second-order valence-corrected chi connectivity index (χ2v) is 8.05. The van der Waals surface area contributed by atoms with Gasteiger partial charge in [-0.25, -0.2) is 23.7 Å². The Bertz CT molecular complexity index is 1020. The highest BCUT2D eigenvalue weighted by molar-refractivity contribution is 7.15. The third-order valence-electron chi connectivity index (χ3n) is 4.45. The number of benzene rings is 1. The lowest BCUT2D eigenvalue weighted by molar-refractivity contribution is -0.00244. The van der Waals surface area contributed by atoms with Crippen molar-refractivity contribution in [3.8, 4) is 10.4 Å². The lowest BCUT2D eigenvalue weighted by Crippen LogP contribution is -2.25. The molecule has 0 spiro atoms. The molecule has 1 saturated carbocycles. The zero-order valence-corrected chi connectivity index (χ0v) is 15.8. The van der Waals surface area contributed by atoms with E-state index in [-0.39, 0.29) is 11.9 Å². The van der Waals surface area contributed by atoms with Crippen LogP contribution in [0.15, 0.2) is 30.6 Å². The molecule has 2 heterocycles. The maximum absolute atomic E-state index is 14.2. The minimum absolute atomic E-state index is 0.126. The van der Waals surface area contributed by atoms with Crippen LogP contribution in [0.1, 0.15) is 36.4 Å². The van der Waals surface area contributed by atoms with E-state index in [1.165, 1.54) is 25.3 Å². The first-order valence-corrected chi connectivity index (χ1v) is 9.57. The van der Waals surface area contributed by atoms with Gasteiger partial charge in [-0.2, -0.15) is 0 Å². The second-order valence-electron chi connectivity index (χ2n) is 7.02. The van der Waals surface area contributed by atoms with Crippen molar-refractivity contribution in [1.29, 1.82) is 0 Å². The minimum atomic E-state index is -1.46. The molecule has 0 amide bonds. The van der Waals surface area contributed by atoms with Crippen LogP contribution in [0.4, 0.5) is 20.4 Å². The van der Waals surface area contributed by atoms with E-state index < -0.39 is 23.8 Å². The number of aromatic nitrogens is 3. The van der Waals surface area contributed by atoms with Crippen LogP contribution in [0.2, 0.25) is 0 Å². The predicted molar refractivity (Wildman–Crippen MR) is 101 cm³/mol. The molecule has 0 aliphatic heterocycles. The summed E-state index contributed by atoms with van der Waals surface area (Å²) in [6, 6.07) is 4.33. The molecule has 1 aliphatic rings. The summed E-state index contributed by atoms with van der Waals surface area (Å²) in [5.41, 5.74) is -0.123. The Hall–Kier alpha value is -2.49. The van der Waals surface area contributed by atoms with Crippen LogP contribution in [0.25, 0.3) is 10.4 Å². The van der Waals surface area contributed by atoms with Crippen LogP contribution in [0.3, 0.4) is 0 Å². The number of halogens is 2. The van der Waals surface area contributed by atoms with Gasteiger partial charge in [0.1, 0.15) is 16.4 Å². The molecule has 4 rings (SSSR count).